The highest BCUT2D eigenvalue weighted by molar-refractivity contribution is 5.98. The van der Waals surface area contributed by atoms with Gasteiger partial charge in [0.05, 0.1) is 0 Å². The topological polar surface area (TPSA) is 23.9 Å². The summed E-state index contributed by atoms with van der Waals surface area (Å²) in [7, 11) is 0. The van der Waals surface area contributed by atoms with Gasteiger partial charge in [0.2, 0.25) is 0 Å². The first-order chi connectivity index (χ1) is 17.5. The molecule has 0 fully saturated rings. The van der Waals surface area contributed by atoms with Gasteiger partial charge < -0.3 is 5.41 Å². The van der Waals surface area contributed by atoms with Crippen molar-refractivity contribution in [2.75, 3.05) is 0 Å². The predicted octanol–water partition coefficient (Wildman–Crippen LogP) is 11.7. The molecule has 0 aliphatic rings. The van der Waals surface area contributed by atoms with Gasteiger partial charge in [-0.1, -0.05) is 136 Å². The Balaban J connectivity index is 0. The van der Waals surface area contributed by atoms with Gasteiger partial charge in [-0.25, -0.2) is 0 Å². The first kappa shape index (κ1) is 36.0. The third-order valence-corrected chi connectivity index (χ3v) is 5.43. The van der Waals surface area contributed by atoms with E-state index in [1.54, 1.807) is 0 Å². The predicted molar refractivity (Wildman–Crippen MR) is 172 cm³/mol. The molecule has 0 heterocycles. The molecule has 1 nitrogen and oxygen atoms in total. The summed E-state index contributed by atoms with van der Waals surface area (Å²) in [5.41, 5.74) is 10.7. The van der Waals surface area contributed by atoms with Crippen molar-refractivity contribution >= 4 is 11.3 Å². The Kier molecular flexibility index (Phi) is 21.4. The summed E-state index contributed by atoms with van der Waals surface area (Å²) in [6.45, 7) is 28.6. The lowest BCUT2D eigenvalue weighted by Gasteiger charge is -2.09. The van der Waals surface area contributed by atoms with Crippen molar-refractivity contribution in [3.63, 3.8) is 0 Å². The summed E-state index contributed by atoms with van der Waals surface area (Å²) in [4.78, 5) is 0. The Morgan fingerprint density at radius 1 is 0.865 bits per heavy atom. The Bertz CT molecular complexity index is 1030. The molecule has 0 saturated carbocycles. The molecule has 0 bridgehead atoms. The molecule has 1 N–H and O–H groups in total. The summed E-state index contributed by atoms with van der Waals surface area (Å²) in [5.74, 6) is 0. The third-order valence-electron chi connectivity index (χ3n) is 5.43. The largest absolute Gasteiger partial charge is 0.305 e. The molecule has 2 aromatic rings. The maximum Gasteiger partial charge on any atom is 0.0386 e. The zero-order chi connectivity index (χ0) is 28.8. The van der Waals surface area contributed by atoms with Crippen LogP contribution in [-0.4, -0.2) is 5.71 Å². The van der Waals surface area contributed by atoms with E-state index in [-0.39, 0.29) is 0 Å². The molecule has 2 aromatic carbocycles. The average Bonchev–Trinajstić information content (AvgIpc) is 2.88. The van der Waals surface area contributed by atoms with Gasteiger partial charge in [0.15, 0.2) is 0 Å². The fraction of sp³-hybridized carbons (Fsp3) is 0.361. The van der Waals surface area contributed by atoms with Crippen LogP contribution < -0.4 is 0 Å². The van der Waals surface area contributed by atoms with Crippen molar-refractivity contribution in [3.8, 4) is 0 Å². The molecule has 0 radical (unpaired) electrons. The number of aryl methyl sites for hydroxylation is 1. The van der Waals surface area contributed by atoms with Gasteiger partial charge in [0, 0.05) is 5.71 Å². The number of hydrogen-bond donors (Lipinski definition) is 1. The van der Waals surface area contributed by atoms with Gasteiger partial charge >= 0.3 is 0 Å². The third kappa shape index (κ3) is 17.0. The van der Waals surface area contributed by atoms with E-state index in [0.29, 0.717) is 0 Å². The smallest absolute Gasteiger partial charge is 0.0386 e. The highest BCUT2D eigenvalue weighted by Gasteiger charge is 2.02. The summed E-state index contributed by atoms with van der Waals surface area (Å²) in [5, 5.41) is 7.73. The second-order valence-corrected chi connectivity index (χ2v) is 9.36. The number of nitrogens with one attached hydrogen (secondary N) is 1. The van der Waals surface area contributed by atoms with Gasteiger partial charge in [-0.2, -0.15) is 0 Å². The van der Waals surface area contributed by atoms with E-state index >= 15 is 0 Å². The van der Waals surface area contributed by atoms with Gasteiger partial charge in [-0.3, -0.25) is 0 Å². The van der Waals surface area contributed by atoms with E-state index in [1.165, 1.54) is 39.8 Å². The van der Waals surface area contributed by atoms with E-state index in [0.717, 1.165) is 29.7 Å². The monoisotopic (exact) mass is 499 g/mol. The molecule has 0 atom stereocenters. The molecule has 0 aromatic heterocycles. The quantitative estimate of drug-likeness (QED) is 0.289. The van der Waals surface area contributed by atoms with E-state index in [9.17, 15) is 0 Å². The van der Waals surface area contributed by atoms with Crippen LogP contribution in [0.2, 0.25) is 0 Å². The Hall–Kier alpha value is -3.19. The molecule has 0 spiro atoms. The summed E-state index contributed by atoms with van der Waals surface area (Å²) < 4.78 is 0. The molecule has 202 valence electrons. The standard InChI is InChI=1S/C13H20.C11H15N.C9H10.C3H8/c1-7-9-13(11(5)8-2)12(6)10(3)4;1-3-5-11(12)10-7-4-6-9(2)8-10;1-8(2)9-6-4-3-5-7-9;1-3-2/h7-9H,1H2,2-6H3;4,6-8,12H,3,5H2,1-2H3;3-7H,1H2,2H3;3H2,1-2H3/b11-8-,13-9+;;;. The molecule has 2 rings (SSSR count). The maximum atomic E-state index is 7.73. The van der Waals surface area contributed by atoms with Crippen molar-refractivity contribution in [1.29, 1.82) is 5.41 Å². The van der Waals surface area contributed by atoms with Crippen LogP contribution in [0.5, 0.6) is 0 Å². The molecular formula is C36H53N. The number of benzene rings is 2. The second-order valence-electron chi connectivity index (χ2n) is 9.36. The van der Waals surface area contributed by atoms with Crippen LogP contribution in [0, 0.1) is 12.3 Å². The summed E-state index contributed by atoms with van der Waals surface area (Å²) in [6.07, 6.45) is 9.21. The van der Waals surface area contributed by atoms with E-state index in [4.69, 9.17) is 5.41 Å². The average molecular weight is 500 g/mol. The van der Waals surface area contributed by atoms with Crippen molar-refractivity contribution in [1.82, 2.24) is 0 Å². The molecule has 0 amide bonds. The lowest BCUT2D eigenvalue weighted by molar-refractivity contribution is 0.986. The van der Waals surface area contributed by atoms with E-state index in [2.05, 4.69) is 112 Å². The number of rotatable bonds is 7. The Morgan fingerprint density at radius 2 is 1.41 bits per heavy atom. The molecule has 0 aliphatic heterocycles. The van der Waals surface area contributed by atoms with E-state index in [1.807, 2.05) is 43.3 Å². The molecule has 0 unspecified atom stereocenters. The lowest BCUT2D eigenvalue weighted by Crippen LogP contribution is -1.97. The van der Waals surface area contributed by atoms with Gasteiger partial charge in [0.25, 0.3) is 0 Å². The van der Waals surface area contributed by atoms with Gasteiger partial charge in [-0.05, 0) is 82.7 Å². The minimum atomic E-state index is 0.751. The summed E-state index contributed by atoms with van der Waals surface area (Å²) >= 11 is 0. The molecule has 1 heteroatoms. The molecule has 0 saturated heterocycles. The minimum absolute atomic E-state index is 0.751. The van der Waals surface area contributed by atoms with Gasteiger partial charge in [0.1, 0.15) is 0 Å². The lowest BCUT2D eigenvalue weighted by atomic mass is 9.96. The zero-order valence-corrected chi connectivity index (χ0v) is 25.5. The van der Waals surface area contributed by atoms with Crippen molar-refractivity contribution < 1.29 is 0 Å². The number of allylic oxidation sites excluding steroid dienone is 8. The van der Waals surface area contributed by atoms with Crippen molar-refractivity contribution in [2.45, 2.75) is 88.5 Å². The second kappa shape index (κ2) is 22.0. The fourth-order valence-electron chi connectivity index (χ4n) is 3.04. The van der Waals surface area contributed by atoms with Crippen molar-refractivity contribution in [2.24, 2.45) is 0 Å². The van der Waals surface area contributed by atoms with Crippen LogP contribution in [-0.2, 0) is 0 Å². The van der Waals surface area contributed by atoms with Crippen LogP contribution in [0.15, 0.2) is 108 Å². The van der Waals surface area contributed by atoms with Crippen LogP contribution >= 0.6 is 0 Å². The highest BCUT2D eigenvalue weighted by atomic mass is 14.4. The van der Waals surface area contributed by atoms with Crippen LogP contribution in [0.25, 0.3) is 5.57 Å². The van der Waals surface area contributed by atoms with Crippen LogP contribution in [0.1, 0.15) is 98.3 Å². The number of hydrogen-bond acceptors (Lipinski definition) is 1. The zero-order valence-electron chi connectivity index (χ0n) is 25.5. The normalized spacial score (nSPS) is 10.3. The molecule has 37 heavy (non-hydrogen) atoms. The Labute approximate surface area is 230 Å². The van der Waals surface area contributed by atoms with Crippen LogP contribution in [0.4, 0.5) is 0 Å². The molecular weight excluding hydrogens is 446 g/mol. The van der Waals surface area contributed by atoms with Gasteiger partial charge in [-0.15, -0.1) is 0 Å². The summed E-state index contributed by atoms with van der Waals surface area (Å²) in [6, 6.07) is 18.3. The fourth-order valence-corrected chi connectivity index (χ4v) is 3.04. The maximum absolute atomic E-state index is 7.73. The van der Waals surface area contributed by atoms with Crippen LogP contribution in [0.3, 0.4) is 0 Å². The van der Waals surface area contributed by atoms with E-state index < -0.39 is 0 Å². The SMILES string of the molecule is C=C(C)c1ccccc1.C=C/C=C(C(C)=C(C)C)\C(C)=C/C.CCC.CCCC(=N)c1cccc(C)c1. The first-order valence-electron chi connectivity index (χ1n) is 13.5. The van der Waals surface area contributed by atoms with Crippen molar-refractivity contribution in [3.05, 3.63) is 125 Å². The highest BCUT2D eigenvalue weighted by Crippen LogP contribution is 2.21. The minimum Gasteiger partial charge on any atom is -0.305 e. The Morgan fingerprint density at radius 3 is 1.78 bits per heavy atom. The molecule has 0 aliphatic carbocycles. The first-order valence-corrected chi connectivity index (χ1v) is 13.5.